The van der Waals surface area contributed by atoms with Crippen LogP contribution in [0.15, 0.2) is 48.9 Å². The maximum Gasteiger partial charge on any atom is 0.132 e. The second kappa shape index (κ2) is 7.66. The van der Waals surface area contributed by atoms with Crippen molar-refractivity contribution in [2.45, 2.75) is 25.4 Å². The number of hydrogen-bond acceptors (Lipinski definition) is 5. The van der Waals surface area contributed by atoms with Crippen molar-refractivity contribution in [2.24, 2.45) is 0 Å². The van der Waals surface area contributed by atoms with Crippen molar-refractivity contribution in [1.82, 2.24) is 20.2 Å². The van der Waals surface area contributed by atoms with Crippen LogP contribution in [-0.2, 0) is 11.3 Å². The maximum absolute atomic E-state index is 5.19. The molecule has 2 aromatic heterocycles. The van der Waals surface area contributed by atoms with Gasteiger partial charge in [0.2, 0.25) is 0 Å². The molecule has 26 heavy (non-hydrogen) atoms. The van der Waals surface area contributed by atoms with Gasteiger partial charge in [0, 0.05) is 43.4 Å². The number of benzene rings is 1. The van der Waals surface area contributed by atoms with E-state index in [1.165, 1.54) is 16.8 Å². The monoisotopic (exact) mass is 349 g/mol. The fraction of sp³-hybridized carbons (Fsp3) is 0.350. The van der Waals surface area contributed by atoms with Crippen molar-refractivity contribution in [3.63, 3.8) is 0 Å². The number of ether oxygens (including phenoxy) is 1. The molecule has 0 radical (unpaired) electrons. The first-order valence-corrected chi connectivity index (χ1v) is 8.98. The van der Waals surface area contributed by atoms with Crippen LogP contribution in [-0.4, -0.2) is 40.4 Å². The van der Waals surface area contributed by atoms with Crippen LogP contribution in [0.3, 0.4) is 0 Å². The van der Waals surface area contributed by atoms with E-state index in [1.54, 1.807) is 13.4 Å². The molecule has 0 amide bonds. The fourth-order valence-electron chi connectivity index (χ4n) is 3.66. The molecular formula is C20H23N5O. The Hall–Kier alpha value is -2.73. The molecular weight excluding hydrogens is 326 g/mol. The van der Waals surface area contributed by atoms with Crippen LogP contribution < -0.4 is 4.90 Å². The number of hydrogen-bond donors (Lipinski definition) is 1. The van der Waals surface area contributed by atoms with E-state index < -0.39 is 0 Å². The zero-order valence-corrected chi connectivity index (χ0v) is 14.9. The zero-order chi connectivity index (χ0) is 17.8. The Morgan fingerprint density at radius 1 is 1.23 bits per heavy atom. The van der Waals surface area contributed by atoms with Crippen LogP contribution in [0.2, 0.25) is 0 Å². The largest absolute Gasteiger partial charge is 0.378 e. The van der Waals surface area contributed by atoms with Gasteiger partial charge in [0.1, 0.15) is 12.1 Å². The van der Waals surface area contributed by atoms with Crippen molar-refractivity contribution in [3.05, 3.63) is 60.3 Å². The summed E-state index contributed by atoms with van der Waals surface area (Å²) in [5, 5.41) is 7.57. The Morgan fingerprint density at radius 3 is 2.96 bits per heavy atom. The summed E-state index contributed by atoms with van der Waals surface area (Å²) in [5.74, 6) is 1.37. The summed E-state index contributed by atoms with van der Waals surface area (Å²) in [6, 6.07) is 12.5. The Bertz CT molecular complexity index is 848. The fourth-order valence-corrected chi connectivity index (χ4v) is 3.66. The third-order valence-electron chi connectivity index (χ3n) is 4.91. The molecule has 0 spiro atoms. The second-order valence-electron chi connectivity index (χ2n) is 6.65. The van der Waals surface area contributed by atoms with Crippen molar-refractivity contribution in [2.75, 3.05) is 25.1 Å². The van der Waals surface area contributed by atoms with Crippen LogP contribution in [0.5, 0.6) is 0 Å². The lowest BCUT2D eigenvalue weighted by Crippen LogP contribution is -2.35. The van der Waals surface area contributed by atoms with E-state index in [0.717, 1.165) is 37.4 Å². The third kappa shape index (κ3) is 3.46. The molecule has 0 bridgehead atoms. The number of H-pyrrole nitrogens is 1. The van der Waals surface area contributed by atoms with Gasteiger partial charge in [-0.3, -0.25) is 5.10 Å². The third-order valence-corrected chi connectivity index (χ3v) is 4.91. The van der Waals surface area contributed by atoms with E-state index >= 15 is 0 Å². The molecule has 0 aliphatic carbocycles. The first kappa shape index (κ1) is 16.7. The van der Waals surface area contributed by atoms with Gasteiger partial charge >= 0.3 is 0 Å². The number of piperidine rings is 1. The molecule has 4 rings (SSSR count). The van der Waals surface area contributed by atoms with E-state index in [-0.39, 0.29) is 0 Å². The average molecular weight is 349 g/mol. The molecule has 3 heterocycles. The van der Waals surface area contributed by atoms with Crippen LogP contribution in [0.25, 0.3) is 11.1 Å². The van der Waals surface area contributed by atoms with Crippen molar-refractivity contribution < 1.29 is 4.74 Å². The summed E-state index contributed by atoms with van der Waals surface area (Å²) >= 11 is 0. The highest BCUT2D eigenvalue weighted by Gasteiger charge is 2.26. The summed E-state index contributed by atoms with van der Waals surface area (Å²) in [6.45, 7) is 2.44. The van der Waals surface area contributed by atoms with Gasteiger partial charge in [0.15, 0.2) is 0 Å². The van der Waals surface area contributed by atoms with E-state index in [2.05, 4.69) is 49.3 Å². The average Bonchev–Trinajstić information content (AvgIpc) is 3.19. The SMILES string of the molecule is COCc1cc(N2CCC[C@H](c3[nH]ncc3-c3ccccc3)C2)ncn1. The number of aromatic nitrogens is 4. The van der Waals surface area contributed by atoms with E-state index in [0.29, 0.717) is 12.5 Å². The van der Waals surface area contributed by atoms with Gasteiger partial charge in [-0.25, -0.2) is 9.97 Å². The van der Waals surface area contributed by atoms with Gasteiger partial charge in [0.05, 0.1) is 18.5 Å². The molecule has 3 aromatic rings. The lowest BCUT2D eigenvalue weighted by Gasteiger charge is -2.33. The van der Waals surface area contributed by atoms with Crippen LogP contribution in [0.4, 0.5) is 5.82 Å². The van der Waals surface area contributed by atoms with E-state index in [4.69, 9.17) is 4.74 Å². The molecule has 1 aromatic carbocycles. The second-order valence-corrected chi connectivity index (χ2v) is 6.65. The van der Waals surface area contributed by atoms with E-state index in [9.17, 15) is 0 Å². The first-order chi connectivity index (χ1) is 12.8. The Labute approximate surface area is 153 Å². The van der Waals surface area contributed by atoms with Crippen molar-refractivity contribution in [3.8, 4) is 11.1 Å². The van der Waals surface area contributed by atoms with Crippen LogP contribution >= 0.6 is 0 Å². The molecule has 1 aliphatic rings. The highest BCUT2D eigenvalue weighted by atomic mass is 16.5. The molecule has 1 aliphatic heterocycles. The Balaban J connectivity index is 1.57. The number of anilines is 1. The molecule has 1 atom stereocenters. The topological polar surface area (TPSA) is 66.9 Å². The smallest absolute Gasteiger partial charge is 0.132 e. The Morgan fingerprint density at radius 2 is 2.12 bits per heavy atom. The van der Waals surface area contributed by atoms with Gasteiger partial charge in [0.25, 0.3) is 0 Å². The minimum Gasteiger partial charge on any atom is -0.378 e. The maximum atomic E-state index is 5.19. The normalized spacial score (nSPS) is 17.4. The lowest BCUT2D eigenvalue weighted by atomic mass is 9.90. The molecule has 0 unspecified atom stereocenters. The van der Waals surface area contributed by atoms with Crippen molar-refractivity contribution in [1.29, 1.82) is 0 Å². The molecule has 1 N–H and O–H groups in total. The lowest BCUT2D eigenvalue weighted by molar-refractivity contribution is 0.181. The number of aromatic amines is 1. The molecule has 6 heteroatoms. The predicted molar refractivity (Wildman–Crippen MR) is 101 cm³/mol. The van der Waals surface area contributed by atoms with Gasteiger partial charge in [-0.15, -0.1) is 0 Å². The molecule has 0 saturated carbocycles. The molecule has 6 nitrogen and oxygen atoms in total. The zero-order valence-electron chi connectivity index (χ0n) is 14.9. The number of methoxy groups -OCH3 is 1. The van der Waals surface area contributed by atoms with Crippen molar-refractivity contribution >= 4 is 5.82 Å². The van der Waals surface area contributed by atoms with Crippen LogP contribution in [0, 0.1) is 0 Å². The summed E-state index contributed by atoms with van der Waals surface area (Å²) in [6.07, 6.45) is 5.83. The molecule has 1 saturated heterocycles. The quantitative estimate of drug-likeness (QED) is 0.765. The van der Waals surface area contributed by atoms with Gasteiger partial charge < -0.3 is 9.64 Å². The van der Waals surface area contributed by atoms with Crippen LogP contribution in [0.1, 0.15) is 30.1 Å². The highest BCUT2D eigenvalue weighted by Crippen LogP contribution is 2.34. The highest BCUT2D eigenvalue weighted by molar-refractivity contribution is 5.66. The number of rotatable bonds is 5. The van der Waals surface area contributed by atoms with Gasteiger partial charge in [-0.1, -0.05) is 30.3 Å². The Kier molecular flexibility index (Phi) is 4.93. The summed E-state index contributed by atoms with van der Waals surface area (Å²) in [5.41, 5.74) is 4.52. The standard InChI is InChI=1S/C20H23N5O/c1-26-13-17-10-19(22-14-21-17)25-9-5-8-16(12-25)20-18(11-23-24-20)15-6-3-2-4-7-15/h2-4,6-7,10-11,14,16H,5,8-9,12-13H2,1H3,(H,23,24)/t16-/m0/s1. The first-order valence-electron chi connectivity index (χ1n) is 8.98. The number of nitrogens with zero attached hydrogens (tertiary/aromatic N) is 4. The summed E-state index contributed by atoms with van der Waals surface area (Å²) in [4.78, 5) is 11.1. The summed E-state index contributed by atoms with van der Waals surface area (Å²) < 4.78 is 5.19. The predicted octanol–water partition coefficient (Wildman–Crippen LogP) is 3.40. The minimum atomic E-state index is 0.405. The molecule has 1 fully saturated rings. The summed E-state index contributed by atoms with van der Waals surface area (Å²) in [7, 11) is 1.68. The molecule has 134 valence electrons. The van der Waals surface area contributed by atoms with E-state index in [1.807, 2.05) is 18.3 Å². The minimum absolute atomic E-state index is 0.405. The number of nitrogens with one attached hydrogen (secondary N) is 1. The van der Waals surface area contributed by atoms with Gasteiger partial charge in [-0.2, -0.15) is 5.10 Å². The van der Waals surface area contributed by atoms with Gasteiger partial charge in [-0.05, 0) is 18.4 Å².